The SMILES string of the molecule is C=C1CCC(C)=CN1C. The Bertz CT molecular complexity index is 156. The highest BCUT2D eigenvalue weighted by Crippen LogP contribution is 2.19. The van der Waals surface area contributed by atoms with Gasteiger partial charge in [-0.3, -0.25) is 0 Å². The van der Waals surface area contributed by atoms with Crippen molar-refractivity contribution >= 4 is 0 Å². The molecule has 0 aromatic carbocycles. The van der Waals surface area contributed by atoms with E-state index in [1.54, 1.807) is 0 Å². The molecule has 0 radical (unpaired) electrons. The molecule has 0 fully saturated rings. The molecule has 0 aromatic heterocycles. The van der Waals surface area contributed by atoms with E-state index in [0.717, 1.165) is 6.42 Å². The smallest absolute Gasteiger partial charge is 0.0109 e. The fraction of sp³-hybridized carbons (Fsp3) is 0.500. The molecular formula is C8H13N. The van der Waals surface area contributed by atoms with Crippen LogP contribution in [0.15, 0.2) is 24.0 Å². The molecule has 1 rings (SSSR count). The molecule has 0 atom stereocenters. The second kappa shape index (κ2) is 2.26. The van der Waals surface area contributed by atoms with Gasteiger partial charge in [-0.05, 0) is 19.8 Å². The number of nitrogens with zero attached hydrogens (tertiary/aromatic N) is 1. The Morgan fingerprint density at radius 3 is 2.67 bits per heavy atom. The van der Waals surface area contributed by atoms with Gasteiger partial charge in [0.15, 0.2) is 0 Å². The molecule has 0 aliphatic carbocycles. The van der Waals surface area contributed by atoms with Gasteiger partial charge >= 0.3 is 0 Å². The van der Waals surface area contributed by atoms with E-state index < -0.39 is 0 Å². The predicted octanol–water partition coefficient (Wildman–Crippen LogP) is 2.13. The Labute approximate surface area is 56.7 Å². The van der Waals surface area contributed by atoms with Crippen LogP contribution in [0, 0.1) is 0 Å². The van der Waals surface area contributed by atoms with Gasteiger partial charge < -0.3 is 4.90 Å². The minimum Gasteiger partial charge on any atom is -0.355 e. The van der Waals surface area contributed by atoms with Crippen LogP contribution in [-0.2, 0) is 0 Å². The molecule has 1 aliphatic heterocycles. The Kier molecular flexibility index (Phi) is 1.60. The van der Waals surface area contributed by atoms with Crippen LogP contribution in [0.3, 0.4) is 0 Å². The quantitative estimate of drug-likeness (QED) is 0.477. The van der Waals surface area contributed by atoms with Crippen molar-refractivity contribution in [2.45, 2.75) is 19.8 Å². The molecule has 1 nitrogen and oxygen atoms in total. The van der Waals surface area contributed by atoms with Crippen LogP contribution in [0.4, 0.5) is 0 Å². The van der Waals surface area contributed by atoms with E-state index in [-0.39, 0.29) is 0 Å². The molecule has 1 heterocycles. The molecule has 0 unspecified atom stereocenters. The average molecular weight is 123 g/mol. The van der Waals surface area contributed by atoms with E-state index in [4.69, 9.17) is 0 Å². The summed E-state index contributed by atoms with van der Waals surface area (Å²) < 4.78 is 0. The summed E-state index contributed by atoms with van der Waals surface area (Å²) in [5.41, 5.74) is 2.67. The zero-order valence-electron chi connectivity index (χ0n) is 6.15. The largest absolute Gasteiger partial charge is 0.355 e. The van der Waals surface area contributed by atoms with Crippen LogP contribution in [0.1, 0.15) is 19.8 Å². The van der Waals surface area contributed by atoms with E-state index in [2.05, 4.69) is 24.6 Å². The Morgan fingerprint density at radius 1 is 1.56 bits per heavy atom. The molecule has 1 aliphatic rings. The van der Waals surface area contributed by atoms with E-state index in [0.29, 0.717) is 0 Å². The summed E-state index contributed by atoms with van der Waals surface area (Å²) in [4.78, 5) is 2.10. The van der Waals surface area contributed by atoms with Gasteiger partial charge in [0.1, 0.15) is 0 Å². The number of hydrogen-bond acceptors (Lipinski definition) is 1. The Morgan fingerprint density at radius 2 is 2.22 bits per heavy atom. The normalized spacial score (nSPS) is 20.0. The van der Waals surface area contributed by atoms with Crippen LogP contribution in [0.25, 0.3) is 0 Å². The van der Waals surface area contributed by atoms with Crippen molar-refractivity contribution in [3.63, 3.8) is 0 Å². The molecular weight excluding hydrogens is 110 g/mol. The highest BCUT2D eigenvalue weighted by Gasteiger charge is 2.05. The predicted molar refractivity (Wildman–Crippen MR) is 39.9 cm³/mol. The van der Waals surface area contributed by atoms with Gasteiger partial charge in [0.2, 0.25) is 0 Å². The minimum absolute atomic E-state index is 1.12. The fourth-order valence-corrected chi connectivity index (χ4v) is 1.00. The first-order chi connectivity index (χ1) is 4.20. The lowest BCUT2D eigenvalue weighted by molar-refractivity contribution is 0.508. The first kappa shape index (κ1) is 6.40. The van der Waals surface area contributed by atoms with E-state index >= 15 is 0 Å². The van der Waals surface area contributed by atoms with E-state index in [9.17, 15) is 0 Å². The van der Waals surface area contributed by atoms with Gasteiger partial charge in [-0.1, -0.05) is 12.2 Å². The van der Waals surface area contributed by atoms with Gasteiger partial charge in [-0.2, -0.15) is 0 Å². The van der Waals surface area contributed by atoms with Crippen LogP contribution >= 0.6 is 0 Å². The van der Waals surface area contributed by atoms with Crippen molar-refractivity contribution < 1.29 is 0 Å². The lowest BCUT2D eigenvalue weighted by Gasteiger charge is -2.23. The zero-order valence-corrected chi connectivity index (χ0v) is 6.15. The summed E-state index contributed by atoms with van der Waals surface area (Å²) in [5, 5.41) is 0. The molecule has 0 spiro atoms. The van der Waals surface area contributed by atoms with Crippen molar-refractivity contribution in [1.82, 2.24) is 4.90 Å². The first-order valence-electron chi connectivity index (χ1n) is 3.28. The maximum atomic E-state index is 3.91. The summed E-state index contributed by atoms with van der Waals surface area (Å²) in [6.45, 7) is 6.07. The molecule has 0 N–H and O–H groups in total. The van der Waals surface area contributed by atoms with Crippen LogP contribution < -0.4 is 0 Å². The average Bonchev–Trinajstić information content (AvgIpc) is 1.80. The van der Waals surface area contributed by atoms with Gasteiger partial charge in [-0.15, -0.1) is 0 Å². The minimum atomic E-state index is 1.12. The summed E-state index contributed by atoms with van der Waals surface area (Å²) >= 11 is 0. The van der Waals surface area contributed by atoms with Crippen molar-refractivity contribution in [2.24, 2.45) is 0 Å². The number of hydrogen-bond donors (Lipinski definition) is 0. The molecule has 9 heavy (non-hydrogen) atoms. The lowest BCUT2D eigenvalue weighted by atomic mass is 10.1. The summed E-state index contributed by atoms with van der Waals surface area (Å²) in [7, 11) is 2.05. The second-order valence-electron chi connectivity index (χ2n) is 2.65. The maximum Gasteiger partial charge on any atom is 0.0109 e. The van der Waals surface area contributed by atoms with Gasteiger partial charge in [0, 0.05) is 18.9 Å². The Balaban J connectivity index is 2.69. The summed E-state index contributed by atoms with van der Waals surface area (Å²) in [5.74, 6) is 0. The van der Waals surface area contributed by atoms with Gasteiger partial charge in [0.05, 0.1) is 0 Å². The second-order valence-corrected chi connectivity index (χ2v) is 2.65. The summed E-state index contributed by atoms with van der Waals surface area (Å²) in [6.07, 6.45) is 4.45. The molecule has 0 amide bonds. The van der Waals surface area contributed by atoms with Crippen LogP contribution in [-0.4, -0.2) is 11.9 Å². The highest BCUT2D eigenvalue weighted by molar-refractivity contribution is 5.11. The third-order valence-corrected chi connectivity index (χ3v) is 1.72. The number of rotatable bonds is 0. The maximum absolute atomic E-state index is 3.91. The molecule has 1 heteroatoms. The van der Waals surface area contributed by atoms with Crippen molar-refractivity contribution in [1.29, 1.82) is 0 Å². The molecule has 0 bridgehead atoms. The lowest BCUT2D eigenvalue weighted by Crippen LogP contribution is -2.13. The standard InChI is InChI=1S/C8H13N/c1-7-4-5-8(2)9(3)6-7/h6H,2,4-5H2,1,3H3. The third kappa shape index (κ3) is 1.35. The Hall–Kier alpha value is -0.720. The van der Waals surface area contributed by atoms with E-state index in [1.165, 1.54) is 17.7 Å². The number of allylic oxidation sites excluding steroid dienone is 2. The van der Waals surface area contributed by atoms with Gasteiger partial charge in [-0.25, -0.2) is 0 Å². The molecule has 50 valence electrons. The summed E-state index contributed by atoms with van der Waals surface area (Å²) in [6, 6.07) is 0. The van der Waals surface area contributed by atoms with Gasteiger partial charge in [0.25, 0.3) is 0 Å². The van der Waals surface area contributed by atoms with Crippen LogP contribution in [0.2, 0.25) is 0 Å². The molecule has 0 aromatic rings. The molecule has 0 saturated carbocycles. The zero-order chi connectivity index (χ0) is 6.85. The third-order valence-electron chi connectivity index (χ3n) is 1.72. The highest BCUT2D eigenvalue weighted by atomic mass is 15.1. The van der Waals surface area contributed by atoms with E-state index in [1.807, 2.05) is 7.05 Å². The van der Waals surface area contributed by atoms with Crippen LogP contribution in [0.5, 0.6) is 0 Å². The monoisotopic (exact) mass is 123 g/mol. The fourth-order valence-electron chi connectivity index (χ4n) is 1.00. The van der Waals surface area contributed by atoms with Crippen molar-refractivity contribution in [3.8, 4) is 0 Å². The van der Waals surface area contributed by atoms with Crippen molar-refractivity contribution in [3.05, 3.63) is 24.0 Å². The van der Waals surface area contributed by atoms with Crippen molar-refractivity contribution in [2.75, 3.05) is 7.05 Å². The molecule has 0 saturated heterocycles. The first-order valence-corrected chi connectivity index (χ1v) is 3.28. The topological polar surface area (TPSA) is 3.24 Å².